The molecule has 0 saturated carbocycles. The maximum absolute atomic E-state index is 8.25. The Bertz CT molecular complexity index is 23.2. The molecule has 2 nitrogen and oxygen atoms in total. The van der Waals surface area contributed by atoms with Crippen LogP contribution >= 0.6 is 0 Å². The van der Waals surface area contributed by atoms with Crippen LogP contribution in [0.25, 0.3) is 0 Å². The Morgan fingerprint density at radius 1 is 1.00 bits per heavy atom. The maximum atomic E-state index is 8.25. The van der Waals surface area contributed by atoms with Gasteiger partial charge in [0, 0.05) is 0 Å². The summed E-state index contributed by atoms with van der Waals surface area (Å²) in [6, 6.07) is 0. The quantitative estimate of drug-likeness (QED) is 0.487. The fourth-order valence-electron chi connectivity index (χ4n) is 0. The molecule has 0 radical (unpaired) electrons. The van der Waals surface area contributed by atoms with Crippen LogP contribution in [0.2, 0.25) is 0 Å². The molecule has 0 fully saturated rings. The van der Waals surface area contributed by atoms with Gasteiger partial charge in [-0.3, -0.25) is 0 Å². The third-order valence-electron chi connectivity index (χ3n) is 0. The summed E-state index contributed by atoms with van der Waals surface area (Å²) in [4.78, 5) is 0. The molecule has 0 aromatic heterocycles. The summed E-state index contributed by atoms with van der Waals surface area (Å²) in [6.07, 6.45) is 0. The Balaban J connectivity index is -0.000000000833. The van der Waals surface area contributed by atoms with Gasteiger partial charge >= 0.3 is 108 Å². The normalized spacial score (nSPS) is 1.00. The van der Waals surface area contributed by atoms with Gasteiger partial charge in [0.25, 0.3) is 0 Å². The van der Waals surface area contributed by atoms with Crippen LogP contribution in [0.3, 0.4) is 0 Å². The third-order valence-corrected chi connectivity index (χ3v) is 0. The topological polar surface area (TPSA) is 34.1 Å². The molecule has 0 aromatic rings. The van der Waals surface area contributed by atoms with Crippen molar-refractivity contribution in [3.8, 4) is 0 Å². The fourth-order valence-corrected chi connectivity index (χ4v) is 0. The molecule has 28 valence electrons. The summed E-state index contributed by atoms with van der Waals surface area (Å²) in [5.74, 6) is 0. The van der Waals surface area contributed by atoms with Crippen LogP contribution in [0.4, 0.5) is 0 Å². The number of hydrogen-bond donors (Lipinski definition) is 0. The first-order valence-corrected chi connectivity index (χ1v) is 1.68. The molecule has 0 atom stereocenters. The summed E-state index contributed by atoms with van der Waals surface area (Å²) < 4.78 is 16.5. The van der Waals surface area contributed by atoms with Gasteiger partial charge in [0.15, 0.2) is 0 Å². The van der Waals surface area contributed by atoms with Gasteiger partial charge in [-0.15, -0.1) is 0 Å². The molecule has 0 unspecified atom stereocenters. The van der Waals surface area contributed by atoms with Gasteiger partial charge in [0.1, 0.15) is 0 Å². The van der Waals surface area contributed by atoms with Crippen LogP contribution in [0, 0.1) is 0 Å². The average molecular weight is 196 g/mol. The molecule has 0 saturated heterocycles. The Morgan fingerprint density at radius 2 is 1.00 bits per heavy atom. The first-order valence-electron chi connectivity index (χ1n) is 0.408. The molecule has 0 rings (SSSR count). The Morgan fingerprint density at radius 3 is 1.00 bits per heavy atom. The molecule has 6 heavy (non-hydrogen) atoms. The van der Waals surface area contributed by atoms with Gasteiger partial charge in [-0.1, -0.05) is 0 Å². The molecular formula is H4CaMgO2Ti2. The molecule has 0 aliphatic carbocycles. The van der Waals surface area contributed by atoms with Gasteiger partial charge in [-0.2, -0.15) is 0 Å². The summed E-state index contributed by atoms with van der Waals surface area (Å²) in [6.45, 7) is 0. The monoisotopic (exact) mass is 196 g/mol. The zero-order valence-corrected chi connectivity index (χ0v) is 9.98. The van der Waals surface area contributed by atoms with Crippen molar-refractivity contribution >= 4 is 60.8 Å². The Labute approximate surface area is 112 Å². The van der Waals surface area contributed by atoms with Crippen LogP contribution < -0.4 is 0 Å². The first-order chi connectivity index (χ1) is 2.00. The van der Waals surface area contributed by atoms with E-state index in [0.717, 1.165) is 40.8 Å². The molecule has 0 spiro atoms. The molecule has 6 heteroatoms. The number of hydrogen-bond acceptors (Lipinski definition) is 2. The second-order valence-corrected chi connectivity index (χ2v) is 0. The minimum atomic E-state index is 0. The van der Waals surface area contributed by atoms with Crippen molar-refractivity contribution in [2.24, 2.45) is 0 Å². The van der Waals surface area contributed by atoms with E-state index in [9.17, 15) is 0 Å². The summed E-state index contributed by atoms with van der Waals surface area (Å²) >= 11 is 1.50. The SMILES string of the molecule is [Ca+2].[H-].[H-].[H-].[H-].[Mg+2].[O]=[Ti].[O]=[Ti]. The minimum absolute atomic E-state index is 0. The van der Waals surface area contributed by atoms with Crippen molar-refractivity contribution < 1.29 is 53.2 Å². The molecule has 0 aromatic carbocycles. The van der Waals surface area contributed by atoms with E-state index in [2.05, 4.69) is 0 Å². The van der Waals surface area contributed by atoms with Gasteiger partial charge in [-0.25, -0.2) is 0 Å². The summed E-state index contributed by atoms with van der Waals surface area (Å²) in [7, 11) is 0. The average Bonchev–Trinajstić information content (AvgIpc) is 1.50. The van der Waals surface area contributed by atoms with Gasteiger partial charge < -0.3 is 5.71 Å². The van der Waals surface area contributed by atoms with E-state index < -0.39 is 0 Å². The van der Waals surface area contributed by atoms with E-state index in [4.69, 9.17) is 6.65 Å². The van der Waals surface area contributed by atoms with Crippen molar-refractivity contribution in [3.63, 3.8) is 0 Å². The van der Waals surface area contributed by atoms with E-state index in [1.54, 1.807) is 0 Å². The molecule has 0 bridgehead atoms. The fraction of sp³-hybridized carbons (Fsp3) is 0. The van der Waals surface area contributed by atoms with Gasteiger partial charge in [0.2, 0.25) is 0 Å². The van der Waals surface area contributed by atoms with Crippen molar-refractivity contribution in [1.82, 2.24) is 0 Å². The van der Waals surface area contributed by atoms with Crippen LogP contribution in [0.1, 0.15) is 5.71 Å². The molecule has 0 N–H and O–H groups in total. The molecule has 0 aliphatic rings. The van der Waals surface area contributed by atoms with Crippen molar-refractivity contribution in [3.05, 3.63) is 0 Å². The molecule has 0 amide bonds. The van der Waals surface area contributed by atoms with E-state index in [1.165, 1.54) is 0 Å². The predicted molar refractivity (Wildman–Crippen MR) is 17.3 cm³/mol. The second kappa shape index (κ2) is 43.0. The first kappa shape index (κ1) is 23.0. The van der Waals surface area contributed by atoms with Crippen molar-refractivity contribution in [2.75, 3.05) is 0 Å². The predicted octanol–water partition coefficient (Wildman–Crippen LogP) is -0.554. The molecule has 0 aliphatic heterocycles. The van der Waals surface area contributed by atoms with E-state index in [1.807, 2.05) is 0 Å². The summed E-state index contributed by atoms with van der Waals surface area (Å²) in [5.41, 5.74) is 0. The summed E-state index contributed by atoms with van der Waals surface area (Å²) in [5, 5.41) is 0. The van der Waals surface area contributed by atoms with Crippen LogP contribution in [0.15, 0.2) is 0 Å². The molecular weight excluding hydrogens is 192 g/mol. The number of rotatable bonds is 0. The van der Waals surface area contributed by atoms with Crippen molar-refractivity contribution in [1.29, 1.82) is 0 Å². The third kappa shape index (κ3) is 27.7. The zero-order chi connectivity index (χ0) is 4.00. The Kier molecular flexibility index (Phi) is 165. The standard InChI is InChI=1S/Ca.Mg.2O.2Ti.4H/q2*+2;;;;;4*-1. The van der Waals surface area contributed by atoms with Crippen LogP contribution in [-0.2, 0) is 47.5 Å². The van der Waals surface area contributed by atoms with Crippen LogP contribution in [-0.4, -0.2) is 60.8 Å². The van der Waals surface area contributed by atoms with E-state index in [-0.39, 0.29) is 66.5 Å². The second-order valence-electron chi connectivity index (χ2n) is 0. The Hall–Kier alpha value is 3.05. The van der Waals surface area contributed by atoms with Gasteiger partial charge in [0.05, 0.1) is 0 Å². The van der Waals surface area contributed by atoms with E-state index >= 15 is 0 Å². The molecule has 0 heterocycles. The van der Waals surface area contributed by atoms with E-state index in [0.29, 0.717) is 0 Å². The van der Waals surface area contributed by atoms with Crippen molar-refractivity contribution in [2.45, 2.75) is 0 Å². The van der Waals surface area contributed by atoms with Gasteiger partial charge in [-0.05, 0) is 0 Å². The zero-order valence-electron chi connectivity index (χ0n) is 7.23. The van der Waals surface area contributed by atoms with Crippen LogP contribution in [0.5, 0.6) is 0 Å².